The molecule has 0 aliphatic carbocycles. The number of phenols is 1. The van der Waals surface area contributed by atoms with Gasteiger partial charge in [-0.25, -0.2) is 4.39 Å². The summed E-state index contributed by atoms with van der Waals surface area (Å²) in [6.07, 6.45) is 0. The average Bonchev–Trinajstić information content (AvgIpc) is 2.18. The van der Waals surface area contributed by atoms with E-state index in [4.69, 9.17) is 11.6 Å². The van der Waals surface area contributed by atoms with Crippen LogP contribution < -0.4 is 4.74 Å². The van der Waals surface area contributed by atoms with Crippen molar-refractivity contribution in [3.05, 3.63) is 23.5 Å². The van der Waals surface area contributed by atoms with Crippen LogP contribution in [0.1, 0.15) is 10.4 Å². The molecule has 1 aromatic carbocycles. The molecular formula is C9H8ClFO3. The second kappa shape index (κ2) is 4.28. The maximum absolute atomic E-state index is 13.4. The first-order valence-electron chi connectivity index (χ1n) is 3.76. The van der Waals surface area contributed by atoms with Crippen molar-refractivity contribution in [3.63, 3.8) is 0 Å². The molecule has 1 N–H and O–H groups in total. The maximum Gasteiger partial charge on any atom is 0.184 e. The van der Waals surface area contributed by atoms with Crippen LogP contribution in [0, 0.1) is 5.82 Å². The first kappa shape index (κ1) is 10.8. The topological polar surface area (TPSA) is 46.5 Å². The van der Waals surface area contributed by atoms with Crippen molar-refractivity contribution in [2.45, 2.75) is 0 Å². The minimum Gasteiger partial charge on any atom is -0.507 e. The van der Waals surface area contributed by atoms with Crippen LogP contribution in [0.2, 0.25) is 0 Å². The zero-order chi connectivity index (χ0) is 10.7. The molecule has 0 aliphatic heterocycles. The molecule has 0 bridgehead atoms. The van der Waals surface area contributed by atoms with Gasteiger partial charge in [-0.15, -0.1) is 11.6 Å². The molecule has 0 amide bonds. The van der Waals surface area contributed by atoms with E-state index in [-0.39, 0.29) is 5.75 Å². The Bertz CT molecular complexity index is 365. The Morgan fingerprint density at radius 3 is 2.79 bits per heavy atom. The van der Waals surface area contributed by atoms with Crippen molar-refractivity contribution in [2.75, 3.05) is 13.0 Å². The van der Waals surface area contributed by atoms with Gasteiger partial charge in [-0.2, -0.15) is 0 Å². The van der Waals surface area contributed by atoms with Gasteiger partial charge in [0.15, 0.2) is 17.3 Å². The summed E-state index contributed by atoms with van der Waals surface area (Å²) in [5.74, 6) is -2.50. The highest BCUT2D eigenvalue weighted by Gasteiger charge is 2.19. The Morgan fingerprint density at radius 1 is 1.64 bits per heavy atom. The lowest BCUT2D eigenvalue weighted by Crippen LogP contribution is -2.05. The van der Waals surface area contributed by atoms with Gasteiger partial charge in [-0.05, 0) is 12.1 Å². The fourth-order valence-corrected chi connectivity index (χ4v) is 1.17. The van der Waals surface area contributed by atoms with Gasteiger partial charge in [0.2, 0.25) is 0 Å². The lowest BCUT2D eigenvalue weighted by Gasteiger charge is -2.07. The van der Waals surface area contributed by atoms with Crippen molar-refractivity contribution in [2.24, 2.45) is 0 Å². The summed E-state index contributed by atoms with van der Waals surface area (Å²) >= 11 is 5.26. The molecule has 0 saturated heterocycles. The predicted octanol–water partition coefficient (Wildman–Crippen LogP) is 1.96. The molecule has 5 heteroatoms. The number of carbonyl (C=O) groups is 1. The normalized spacial score (nSPS) is 9.93. The Labute approximate surface area is 85.1 Å². The van der Waals surface area contributed by atoms with E-state index < -0.39 is 28.8 Å². The molecule has 3 nitrogen and oxygen atoms in total. The first-order valence-corrected chi connectivity index (χ1v) is 4.30. The summed E-state index contributed by atoms with van der Waals surface area (Å²) in [5.41, 5.74) is -0.431. The van der Waals surface area contributed by atoms with Crippen LogP contribution in [-0.4, -0.2) is 23.9 Å². The van der Waals surface area contributed by atoms with Gasteiger partial charge >= 0.3 is 0 Å². The van der Waals surface area contributed by atoms with Crippen molar-refractivity contribution in [3.8, 4) is 11.5 Å². The monoisotopic (exact) mass is 218 g/mol. The Balaban J connectivity index is 3.32. The van der Waals surface area contributed by atoms with Gasteiger partial charge in [-0.3, -0.25) is 4.79 Å². The number of carbonyl (C=O) groups excluding carboxylic acids is 1. The van der Waals surface area contributed by atoms with E-state index in [2.05, 4.69) is 4.74 Å². The van der Waals surface area contributed by atoms with Gasteiger partial charge in [0.05, 0.1) is 13.0 Å². The van der Waals surface area contributed by atoms with Crippen molar-refractivity contribution < 1.29 is 19.0 Å². The van der Waals surface area contributed by atoms with E-state index in [0.29, 0.717) is 0 Å². The number of ether oxygens (including phenoxy) is 1. The molecule has 0 radical (unpaired) electrons. The van der Waals surface area contributed by atoms with E-state index in [1.807, 2.05) is 0 Å². The summed E-state index contributed by atoms with van der Waals surface area (Å²) in [5, 5.41) is 9.24. The largest absolute Gasteiger partial charge is 0.507 e. The van der Waals surface area contributed by atoms with Crippen LogP contribution in [0.5, 0.6) is 11.5 Å². The lowest BCUT2D eigenvalue weighted by atomic mass is 10.1. The zero-order valence-electron chi connectivity index (χ0n) is 7.38. The molecule has 0 saturated carbocycles. The standard InChI is InChI=1S/C9H8ClFO3/c1-14-7-3-2-5(12)8(9(7)11)6(13)4-10/h2-3,12H,4H2,1H3. The first-order chi connectivity index (χ1) is 6.61. The second-order valence-corrected chi connectivity index (χ2v) is 2.80. The van der Waals surface area contributed by atoms with E-state index in [9.17, 15) is 14.3 Å². The smallest absolute Gasteiger partial charge is 0.184 e. The van der Waals surface area contributed by atoms with Crippen molar-refractivity contribution >= 4 is 17.4 Å². The number of alkyl halides is 1. The van der Waals surface area contributed by atoms with Gasteiger partial charge in [0.1, 0.15) is 11.3 Å². The van der Waals surface area contributed by atoms with Crippen molar-refractivity contribution in [1.29, 1.82) is 0 Å². The van der Waals surface area contributed by atoms with Crippen LogP contribution in [0.4, 0.5) is 4.39 Å². The molecule has 0 spiro atoms. The summed E-state index contributed by atoms with van der Waals surface area (Å²) in [6, 6.07) is 2.41. The molecule has 76 valence electrons. The molecule has 0 heterocycles. The van der Waals surface area contributed by atoms with Gasteiger partial charge < -0.3 is 9.84 Å². The molecule has 0 aliphatic rings. The number of aromatic hydroxyl groups is 1. The summed E-state index contributed by atoms with van der Waals surface area (Å²) in [6.45, 7) is 0. The number of hydrogen-bond donors (Lipinski definition) is 1. The predicted molar refractivity (Wildman–Crippen MR) is 49.7 cm³/mol. The zero-order valence-corrected chi connectivity index (χ0v) is 8.14. The molecule has 1 aromatic rings. The highest BCUT2D eigenvalue weighted by atomic mass is 35.5. The maximum atomic E-state index is 13.4. The number of ketones is 1. The van der Waals surface area contributed by atoms with E-state index in [0.717, 1.165) is 0 Å². The molecule has 0 fully saturated rings. The third-order valence-corrected chi connectivity index (χ3v) is 1.95. The van der Waals surface area contributed by atoms with E-state index in [1.165, 1.54) is 19.2 Å². The van der Waals surface area contributed by atoms with Crippen LogP contribution in [0.15, 0.2) is 12.1 Å². The Hall–Kier alpha value is -1.29. The summed E-state index contributed by atoms with van der Waals surface area (Å²) in [4.78, 5) is 11.1. The average molecular weight is 219 g/mol. The van der Waals surface area contributed by atoms with Crippen molar-refractivity contribution in [1.82, 2.24) is 0 Å². The fourth-order valence-electron chi connectivity index (χ4n) is 1.04. The number of rotatable bonds is 3. The minimum atomic E-state index is -0.891. The van der Waals surface area contributed by atoms with Gasteiger partial charge in [-0.1, -0.05) is 0 Å². The van der Waals surface area contributed by atoms with Gasteiger partial charge in [0.25, 0.3) is 0 Å². The third-order valence-electron chi connectivity index (χ3n) is 1.70. The summed E-state index contributed by atoms with van der Waals surface area (Å²) < 4.78 is 18.1. The van der Waals surface area contributed by atoms with Crippen LogP contribution >= 0.6 is 11.6 Å². The van der Waals surface area contributed by atoms with Gasteiger partial charge in [0, 0.05) is 0 Å². The number of Topliss-reactive ketones (excluding diaryl/α,β-unsaturated/α-hetero) is 1. The van der Waals surface area contributed by atoms with E-state index in [1.54, 1.807) is 0 Å². The number of methoxy groups -OCH3 is 1. The highest BCUT2D eigenvalue weighted by molar-refractivity contribution is 6.30. The van der Waals surface area contributed by atoms with Crippen LogP contribution in [-0.2, 0) is 0 Å². The summed E-state index contributed by atoms with van der Waals surface area (Å²) in [7, 11) is 1.27. The minimum absolute atomic E-state index is 0.101. The number of phenolic OH excluding ortho intramolecular Hbond substituents is 1. The molecule has 14 heavy (non-hydrogen) atoms. The molecule has 0 atom stereocenters. The van der Waals surface area contributed by atoms with E-state index >= 15 is 0 Å². The number of halogens is 2. The highest BCUT2D eigenvalue weighted by Crippen LogP contribution is 2.28. The molecule has 0 aromatic heterocycles. The lowest BCUT2D eigenvalue weighted by molar-refractivity contribution is 0.101. The Kier molecular flexibility index (Phi) is 3.30. The number of hydrogen-bond acceptors (Lipinski definition) is 3. The molecular weight excluding hydrogens is 211 g/mol. The third kappa shape index (κ3) is 1.80. The van der Waals surface area contributed by atoms with Crippen LogP contribution in [0.3, 0.4) is 0 Å². The SMILES string of the molecule is COc1ccc(O)c(C(=O)CCl)c1F. The molecule has 1 rings (SSSR count). The Morgan fingerprint density at radius 2 is 2.29 bits per heavy atom. The quantitative estimate of drug-likeness (QED) is 0.623. The number of benzene rings is 1. The molecule has 0 unspecified atom stereocenters. The second-order valence-electron chi connectivity index (χ2n) is 2.53. The van der Waals surface area contributed by atoms with Crippen LogP contribution in [0.25, 0.3) is 0 Å². The fraction of sp³-hybridized carbons (Fsp3) is 0.222.